The molecular formula is C20H28N2O4. The number of methoxy groups -OCH3 is 1. The van der Waals surface area contributed by atoms with Crippen LogP contribution in [0.4, 0.5) is 0 Å². The van der Waals surface area contributed by atoms with Crippen LogP contribution in [0, 0.1) is 0 Å². The maximum atomic E-state index is 12.1. The van der Waals surface area contributed by atoms with Crippen LogP contribution < -0.4 is 5.32 Å². The van der Waals surface area contributed by atoms with Gasteiger partial charge in [0.05, 0.1) is 18.1 Å². The van der Waals surface area contributed by atoms with Crippen molar-refractivity contribution in [2.24, 2.45) is 0 Å². The van der Waals surface area contributed by atoms with Gasteiger partial charge in [-0.3, -0.25) is 9.59 Å². The Hall–Kier alpha value is -1.92. The number of benzene rings is 1. The lowest BCUT2D eigenvalue weighted by Gasteiger charge is -2.47. The van der Waals surface area contributed by atoms with E-state index in [-0.39, 0.29) is 24.5 Å². The molecule has 142 valence electrons. The minimum atomic E-state index is -0.407. The van der Waals surface area contributed by atoms with E-state index in [4.69, 9.17) is 9.47 Å². The Kier molecular flexibility index (Phi) is 5.94. The molecule has 0 bridgehead atoms. The average Bonchev–Trinajstić information content (AvgIpc) is 2.63. The molecule has 1 unspecified atom stereocenters. The molecule has 0 aromatic heterocycles. The third-order valence-corrected chi connectivity index (χ3v) is 5.33. The first-order valence-electron chi connectivity index (χ1n) is 9.37. The highest BCUT2D eigenvalue weighted by Gasteiger charge is 2.44. The van der Waals surface area contributed by atoms with Gasteiger partial charge in [-0.05, 0) is 37.3 Å². The van der Waals surface area contributed by atoms with Crippen LogP contribution >= 0.6 is 0 Å². The molecular weight excluding hydrogens is 332 g/mol. The van der Waals surface area contributed by atoms with Crippen molar-refractivity contribution >= 4 is 11.8 Å². The molecule has 1 aromatic rings. The van der Waals surface area contributed by atoms with E-state index in [1.54, 1.807) is 0 Å². The Bertz CT molecular complexity index is 653. The van der Waals surface area contributed by atoms with Gasteiger partial charge in [0.15, 0.2) is 0 Å². The van der Waals surface area contributed by atoms with Crippen LogP contribution in [0.3, 0.4) is 0 Å². The summed E-state index contributed by atoms with van der Waals surface area (Å²) in [5.74, 6) is 0.0463. The number of hydrogen-bond donors (Lipinski definition) is 1. The highest BCUT2D eigenvalue weighted by molar-refractivity contribution is 5.77. The first-order chi connectivity index (χ1) is 12.6. The molecule has 2 aliphatic heterocycles. The van der Waals surface area contributed by atoms with Crippen LogP contribution in [0.25, 0.3) is 0 Å². The van der Waals surface area contributed by atoms with Gasteiger partial charge < -0.3 is 19.7 Å². The van der Waals surface area contributed by atoms with E-state index < -0.39 is 5.60 Å². The van der Waals surface area contributed by atoms with Gasteiger partial charge in [0, 0.05) is 26.7 Å². The molecule has 26 heavy (non-hydrogen) atoms. The quantitative estimate of drug-likeness (QED) is 0.866. The Morgan fingerprint density at radius 3 is 2.73 bits per heavy atom. The van der Waals surface area contributed by atoms with Crippen molar-refractivity contribution in [3.8, 4) is 0 Å². The molecule has 1 spiro atoms. The van der Waals surface area contributed by atoms with Gasteiger partial charge in [0.1, 0.15) is 6.61 Å². The molecule has 0 saturated carbocycles. The maximum absolute atomic E-state index is 12.1. The highest BCUT2D eigenvalue weighted by Crippen LogP contribution is 2.43. The van der Waals surface area contributed by atoms with E-state index >= 15 is 0 Å². The van der Waals surface area contributed by atoms with Crippen molar-refractivity contribution in [2.45, 2.75) is 44.3 Å². The van der Waals surface area contributed by atoms with Crippen LogP contribution in [0.5, 0.6) is 0 Å². The third-order valence-electron chi connectivity index (χ3n) is 5.33. The Morgan fingerprint density at radius 2 is 2.04 bits per heavy atom. The monoisotopic (exact) mass is 360 g/mol. The number of nitrogens with one attached hydrogen (secondary N) is 1. The maximum Gasteiger partial charge on any atom is 0.248 e. The second kappa shape index (κ2) is 8.18. The lowest BCUT2D eigenvalue weighted by atomic mass is 9.78. The largest absolute Gasteiger partial charge is 0.375 e. The summed E-state index contributed by atoms with van der Waals surface area (Å²) in [6.45, 7) is 3.95. The predicted octanol–water partition coefficient (Wildman–Crippen LogP) is 1.62. The SMILES string of the molecule is CCNC(=O)CC1Cc2ccccc2C2(CCN(C(=O)COC)CC2)O1. The molecule has 2 heterocycles. The standard InChI is InChI=1S/C20H28N2O4/c1-3-21-18(23)13-16-12-15-6-4-5-7-17(15)20(26-16)8-10-22(11-9-20)19(24)14-25-2/h4-7,16H,3,8-14H2,1-2H3,(H,21,23). The normalized spacial score (nSPS) is 21.3. The minimum absolute atomic E-state index is 0.0188. The van der Waals surface area contributed by atoms with Crippen LogP contribution in [0.2, 0.25) is 0 Å². The molecule has 2 aliphatic rings. The molecule has 6 heteroatoms. The van der Waals surface area contributed by atoms with E-state index in [0.717, 1.165) is 19.3 Å². The fourth-order valence-electron chi connectivity index (χ4n) is 4.12. The molecule has 0 radical (unpaired) electrons. The predicted molar refractivity (Wildman–Crippen MR) is 97.7 cm³/mol. The van der Waals surface area contributed by atoms with E-state index in [1.165, 1.54) is 18.2 Å². The van der Waals surface area contributed by atoms with Gasteiger partial charge in [-0.1, -0.05) is 24.3 Å². The van der Waals surface area contributed by atoms with Gasteiger partial charge in [-0.15, -0.1) is 0 Å². The second-order valence-corrected chi connectivity index (χ2v) is 7.07. The number of ether oxygens (including phenoxy) is 2. The topological polar surface area (TPSA) is 67.9 Å². The van der Waals surface area contributed by atoms with Crippen LogP contribution in [0.15, 0.2) is 24.3 Å². The fourth-order valence-corrected chi connectivity index (χ4v) is 4.12. The molecule has 1 N–H and O–H groups in total. The summed E-state index contributed by atoms with van der Waals surface area (Å²) in [4.78, 5) is 26.0. The first kappa shape index (κ1) is 18.9. The molecule has 1 atom stereocenters. The lowest BCUT2D eigenvalue weighted by molar-refractivity contribution is -0.158. The summed E-state index contributed by atoms with van der Waals surface area (Å²) in [5.41, 5.74) is 2.06. The number of carbonyl (C=O) groups excluding carboxylic acids is 2. The van der Waals surface area contributed by atoms with E-state index in [9.17, 15) is 9.59 Å². The summed E-state index contributed by atoms with van der Waals surface area (Å²) in [6.07, 6.45) is 2.48. The lowest BCUT2D eigenvalue weighted by Crippen LogP contribution is -2.51. The number of nitrogens with zero attached hydrogens (tertiary/aromatic N) is 1. The Labute approximate surface area is 154 Å². The molecule has 2 amide bonds. The molecule has 6 nitrogen and oxygen atoms in total. The zero-order valence-electron chi connectivity index (χ0n) is 15.6. The molecule has 0 aliphatic carbocycles. The first-order valence-corrected chi connectivity index (χ1v) is 9.37. The third kappa shape index (κ3) is 3.91. The number of piperidine rings is 1. The van der Waals surface area contributed by atoms with E-state index in [2.05, 4.69) is 17.4 Å². The number of hydrogen-bond acceptors (Lipinski definition) is 4. The smallest absolute Gasteiger partial charge is 0.248 e. The number of amides is 2. The average molecular weight is 360 g/mol. The van der Waals surface area contributed by atoms with Crippen molar-refractivity contribution in [3.05, 3.63) is 35.4 Å². The van der Waals surface area contributed by atoms with Crippen LogP contribution in [0.1, 0.15) is 37.3 Å². The summed E-state index contributed by atoms with van der Waals surface area (Å²) >= 11 is 0. The van der Waals surface area contributed by atoms with E-state index in [1.807, 2.05) is 24.0 Å². The second-order valence-electron chi connectivity index (χ2n) is 7.07. The molecule has 1 aromatic carbocycles. The molecule has 1 fully saturated rings. The van der Waals surface area contributed by atoms with Gasteiger partial charge in [-0.25, -0.2) is 0 Å². The van der Waals surface area contributed by atoms with Crippen molar-refractivity contribution < 1.29 is 19.1 Å². The van der Waals surface area contributed by atoms with Gasteiger partial charge in [0.25, 0.3) is 0 Å². The summed E-state index contributed by atoms with van der Waals surface area (Å²) in [5, 5.41) is 2.86. The van der Waals surface area contributed by atoms with E-state index in [0.29, 0.717) is 26.1 Å². The molecule has 3 rings (SSSR count). The van der Waals surface area contributed by atoms with Crippen molar-refractivity contribution in [1.82, 2.24) is 10.2 Å². The number of carbonyl (C=O) groups is 2. The highest BCUT2D eigenvalue weighted by atomic mass is 16.5. The van der Waals surface area contributed by atoms with Crippen LogP contribution in [-0.4, -0.2) is 56.2 Å². The zero-order chi connectivity index (χ0) is 18.6. The van der Waals surface area contributed by atoms with Gasteiger partial charge >= 0.3 is 0 Å². The van der Waals surface area contributed by atoms with Gasteiger partial charge in [-0.2, -0.15) is 0 Å². The Morgan fingerprint density at radius 1 is 1.31 bits per heavy atom. The zero-order valence-corrected chi connectivity index (χ0v) is 15.6. The minimum Gasteiger partial charge on any atom is -0.375 e. The molecule has 1 saturated heterocycles. The number of rotatable bonds is 5. The van der Waals surface area contributed by atoms with Crippen LogP contribution in [-0.2, 0) is 31.1 Å². The van der Waals surface area contributed by atoms with Crippen molar-refractivity contribution in [2.75, 3.05) is 33.4 Å². The number of fused-ring (bicyclic) bond motifs is 2. The van der Waals surface area contributed by atoms with Crippen molar-refractivity contribution in [3.63, 3.8) is 0 Å². The number of likely N-dealkylation sites (tertiary alicyclic amines) is 1. The van der Waals surface area contributed by atoms with Gasteiger partial charge in [0.2, 0.25) is 11.8 Å². The summed E-state index contributed by atoms with van der Waals surface area (Å²) < 4.78 is 11.5. The van der Waals surface area contributed by atoms with Crippen molar-refractivity contribution in [1.29, 1.82) is 0 Å². The summed E-state index contributed by atoms with van der Waals surface area (Å²) in [7, 11) is 1.54. The fraction of sp³-hybridized carbons (Fsp3) is 0.600. The Balaban J connectivity index is 1.77. The summed E-state index contributed by atoms with van der Waals surface area (Å²) in [6, 6.07) is 8.34.